The van der Waals surface area contributed by atoms with E-state index in [0.29, 0.717) is 36.0 Å². The Balaban J connectivity index is 1.36. The van der Waals surface area contributed by atoms with Crippen molar-refractivity contribution in [2.75, 3.05) is 18.0 Å². The van der Waals surface area contributed by atoms with E-state index in [1.54, 1.807) is 36.5 Å². The zero-order valence-corrected chi connectivity index (χ0v) is 26.8. The molecule has 2 aromatic carbocycles. The standard InChI is InChI=1S/C35H40ClN3O5S/c36-28-14-11-27-23-44-34-16-13-25-20-32(34)39(18-6-4-7-24(27)19-28)22-26-12-15-31(26)33(40)10-2-1-9-30(45(42,43)38-35(25)41)21-29-8-3-5-17-37-29/h2-3,5,8,10-11,13-14,16-17,19-20,26,30-31,33,40H,1,4,6-7,9,12,15,18,21-23H2,(H,38,41)/b10-2+/t26-,30-,31+,33-/m0/s1. The van der Waals surface area contributed by atoms with Crippen LogP contribution in [-0.2, 0) is 29.5 Å². The van der Waals surface area contributed by atoms with Crippen molar-refractivity contribution < 1.29 is 23.1 Å². The SMILES string of the molecule is O=C1NS(=O)(=O)[C@H](Cc2ccccn2)CC/C=C/[C@H](O)[C@@H]2CC[C@H]2CN2CCCCc3cc(Cl)ccc3COc3ccc1cc32. The van der Waals surface area contributed by atoms with Gasteiger partial charge >= 0.3 is 0 Å². The van der Waals surface area contributed by atoms with Crippen LogP contribution in [0.2, 0.25) is 5.02 Å². The molecule has 2 N–H and O–H groups in total. The number of allylic oxidation sites excluding steroid dienone is 1. The molecule has 1 aliphatic carbocycles. The molecule has 0 unspecified atom stereocenters. The molecule has 45 heavy (non-hydrogen) atoms. The van der Waals surface area contributed by atoms with Crippen LogP contribution in [0.5, 0.6) is 5.75 Å². The fourth-order valence-corrected chi connectivity index (χ4v) is 8.26. The van der Waals surface area contributed by atoms with Gasteiger partial charge in [0, 0.05) is 42.0 Å². The molecule has 2 aliphatic heterocycles. The molecule has 1 amide bonds. The first kappa shape index (κ1) is 31.6. The molecule has 3 heterocycles. The molecule has 8 nitrogen and oxygen atoms in total. The number of rotatable bonds is 2. The van der Waals surface area contributed by atoms with Crippen LogP contribution in [-0.4, -0.2) is 48.9 Å². The first-order chi connectivity index (χ1) is 21.8. The van der Waals surface area contributed by atoms with E-state index in [0.717, 1.165) is 49.9 Å². The third kappa shape index (κ3) is 7.54. The van der Waals surface area contributed by atoms with Crippen molar-refractivity contribution >= 4 is 33.2 Å². The van der Waals surface area contributed by atoms with Gasteiger partial charge in [-0.3, -0.25) is 9.78 Å². The molecule has 1 saturated carbocycles. The van der Waals surface area contributed by atoms with E-state index < -0.39 is 27.3 Å². The molecule has 6 rings (SSSR count). The van der Waals surface area contributed by atoms with Crippen LogP contribution in [0.4, 0.5) is 5.69 Å². The van der Waals surface area contributed by atoms with Crippen LogP contribution in [0, 0.1) is 11.8 Å². The summed E-state index contributed by atoms with van der Waals surface area (Å²) in [6.45, 7) is 1.79. The molecule has 10 heteroatoms. The van der Waals surface area contributed by atoms with Gasteiger partial charge < -0.3 is 14.7 Å². The average molecular weight is 650 g/mol. The summed E-state index contributed by atoms with van der Waals surface area (Å²) >= 11 is 6.32. The Labute approximate surface area is 270 Å². The van der Waals surface area contributed by atoms with Crippen molar-refractivity contribution in [2.24, 2.45) is 11.8 Å². The number of aromatic nitrogens is 1. The largest absolute Gasteiger partial charge is 0.487 e. The number of aliphatic hydroxyl groups excluding tert-OH is 1. The van der Waals surface area contributed by atoms with Gasteiger partial charge in [0.15, 0.2) is 0 Å². The molecule has 0 radical (unpaired) electrons. The highest BCUT2D eigenvalue weighted by Crippen LogP contribution is 2.41. The maximum absolute atomic E-state index is 13.7. The third-order valence-electron chi connectivity index (χ3n) is 9.43. The molecule has 4 atom stereocenters. The van der Waals surface area contributed by atoms with Gasteiger partial charge in [0.25, 0.3) is 5.91 Å². The Morgan fingerprint density at radius 2 is 1.93 bits per heavy atom. The molecule has 1 fully saturated rings. The summed E-state index contributed by atoms with van der Waals surface area (Å²) in [5.74, 6) is 0.351. The van der Waals surface area contributed by atoms with Gasteiger partial charge in [-0.05, 0) is 110 Å². The number of amides is 1. The van der Waals surface area contributed by atoms with E-state index in [2.05, 4.69) is 14.6 Å². The van der Waals surface area contributed by atoms with Gasteiger partial charge in [-0.2, -0.15) is 0 Å². The van der Waals surface area contributed by atoms with E-state index >= 15 is 0 Å². The van der Waals surface area contributed by atoms with E-state index in [9.17, 15) is 18.3 Å². The highest BCUT2D eigenvalue weighted by atomic mass is 35.5. The second-order valence-corrected chi connectivity index (χ2v) is 14.8. The molecule has 0 spiro atoms. The van der Waals surface area contributed by atoms with Gasteiger partial charge in [-0.1, -0.05) is 35.9 Å². The second-order valence-electron chi connectivity index (χ2n) is 12.4. The Kier molecular flexibility index (Phi) is 9.78. The lowest BCUT2D eigenvalue weighted by atomic mass is 9.70. The topological polar surface area (TPSA) is 109 Å². The summed E-state index contributed by atoms with van der Waals surface area (Å²) in [4.78, 5) is 20.2. The highest BCUT2D eigenvalue weighted by Gasteiger charge is 2.37. The van der Waals surface area contributed by atoms with Crippen LogP contribution >= 0.6 is 11.6 Å². The predicted molar refractivity (Wildman–Crippen MR) is 176 cm³/mol. The van der Waals surface area contributed by atoms with Crippen LogP contribution < -0.4 is 14.4 Å². The van der Waals surface area contributed by atoms with Gasteiger partial charge in [-0.15, -0.1) is 0 Å². The minimum atomic E-state index is -4.06. The molecule has 1 aromatic heterocycles. The number of aryl methyl sites for hydroxylation is 1. The third-order valence-corrected chi connectivity index (χ3v) is 11.4. The molecule has 238 valence electrons. The quantitative estimate of drug-likeness (QED) is 0.335. The molecule has 2 bridgehead atoms. The molecule has 0 saturated heterocycles. The second kappa shape index (κ2) is 13.9. The Morgan fingerprint density at radius 1 is 1.04 bits per heavy atom. The van der Waals surface area contributed by atoms with Crippen molar-refractivity contribution in [3.05, 3.63) is 100 Å². The fourth-order valence-electron chi connectivity index (χ4n) is 6.68. The van der Waals surface area contributed by atoms with Crippen LogP contribution in [0.3, 0.4) is 0 Å². The number of pyridine rings is 1. The number of fused-ring (bicyclic) bond motifs is 3. The first-order valence-corrected chi connectivity index (χ1v) is 17.8. The number of carbonyl (C=O) groups is 1. The van der Waals surface area contributed by atoms with Gasteiger partial charge in [0.05, 0.1) is 17.0 Å². The van der Waals surface area contributed by atoms with E-state index in [-0.39, 0.29) is 30.2 Å². The van der Waals surface area contributed by atoms with Crippen molar-refractivity contribution in [2.45, 2.75) is 69.3 Å². The van der Waals surface area contributed by atoms with Gasteiger partial charge in [0.2, 0.25) is 10.0 Å². The lowest BCUT2D eigenvalue weighted by Crippen LogP contribution is -2.43. The Morgan fingerprint density at radius 3 is 2.73 bits per heavy atom. The van der Waals surface area contributed by atoms with Crippen LogP contribution in [0.25, 0.3) is 0 Å². The van der Waals surface area contributed by atoms with E-state index in [1.165, 1.54) is 5.56 Å². The molecular formula is C35H40ClN3O5S. The first-order valence-electron chi connectivity index (χ1n) is 15.9. The van der Waals surface area contributed by atoms with E-state index in [1.807, 2.05) is 36.4 Å². The lowest BCUT2D eigenvalue weighted by Gasteiger charge is -2.42. The van der Waals surface area contributed by atoms with Crippen molar-refractivity contribution in [3.8, 4) is 5.75 Å². The number of anilines is 1. The maximum atomic E-state index is 13.7. The molecule has 3 aromatic rings. The number of sulfonamides is 1. The Bertz CT molecular complexity index is 1650. The lowest BCUT2D eigenvalue weighted by molar-refractivity contribution is 0.0461. The number of carbonyl (C=O) groups excluding carboxylic acids is 1. The van der Waals surface area contributed by atoms with Crippen molar-refractivity contribution in [1.82, 2.24) is 9.71 Å². The van der Waals surface area contributed by atoms with Gasteiger partial charge in [0.1, 0.15) is 12.4 Å². The fraction of sp³-hybridized carbons (Fsp3) is 0.429. The highest BCUT2D eigenvalue weighted by molar-refractivity contribution is 7.90. The Hall–Kier alpha value is -3.40. The zero-order chi connectivity index (χ0) is 31.4. The van der Waals surface area contributed by atoms with E-state index in [4.69, 9.17) is 16.3 Å². The summed E-state index contributed by atoms with van der Waals surface area (Å²) in [6.07, 6.45) is 10.3. The maximum Gasteiger partial charge on any atom is 0.264 e. The zero-order valence-electron chi connectivity index (χ0n) is 25.3. The normalized spacial score (nSPS) is 26.1. The van der Waals surface area contributed by atoms with Crippen molar-refractivity contribution in [3.63, 3.8) is 0 Å². The number of halogens is 1. The van der Waals surface area contributed by atoms with Crippen LogP contribution in [0.1, 0.15) is 65.7 Å². The summed E-state index contributed by atoms with van der Waals surface area (Å²) < 4.78 is 36.1. The molecule has 3 aliphatic rings. The number of aliphatic hydroxyl groups is 1. The number of benzene rings is 2. The van der Waals surface area contributed by atoms with Gasteiger partial charge in [-0.25, -0.2) is 13.1 Å². The smallest absolute Gasteiger partial charge is 0.264 e. The molecular weight excluding hydrogens is 610 g/mol. The minimum absolute atomic E-state index is 0.114. The number of hydrogen-bond donors (Lipinski definition) is 2. The summed E-state index contributed by atoms with van der Waals surface area (Å²) in [5.41, 5.74) is 3.87. The van der Waals surface area contributed by atoms with Crippen LogP contribution in [0.15, 0.2) is 72.9 Å². The predicted octanol–water partition coefficient (Wildman–Crippen LogP) is 5.86. The summed E-state index contributed by atoms with van der Waals surface area (Å²) in [6, 6.07) is 16.4. The monoisotopic (exact) mass is 649 g/mol. The number of hydrogen-bond acceptors (Lipinski definition) is 7. The number of nitrogens with one attached hydrogen (secondary N) is 1. The minimum Gasteiger partial charge on any atom is -0.487 e. The summed E-state index contributed by atoms with van der Waals surface area (Å²) in [7, 11) is -4.06. The summed E-state index contributed by atoms with van der Waals surface area (Å²) in [5, 5.41) is 11.0. The van der Waals surface area contributed by atoms with Crippen molar-refractivity contribution in [1.29, 1.82) is 0 Å². The number of nitrogens with zero attached hydrogens (tertiary/aromatic N) is 2. The average Bonchev–Trinajstić information content (AvgIpc) is 3.03. The number of ether oxygens (including phenoxy) is 1.